The first-order valence-corrected chi connectivity index (χ1v) is 6.66. The number of hydrogen-bond acceptors (Lipinski definition) is 1. The SMILES string of the molecule is Fc1cc(Cl)ccc1COc1cccc2ccccc12. The smallest absolute Gasteiger partial charge is 0.131 e. The van der Waals surface area contributed by atoms with Crippen LogP contribution in [0.15, 0.2) is 60.7 Å². The van der Waals surface area contributed by atoms with Gasteiger partial charge in [-0.2, -0.15) is 0 Å². The summed E-state index contributed by atoms with van der Waals surface area (Å²) in [6.45, 7) is 0.178. The summed E-state index contributed by atoms with van der Waals surface area (Å²) in [5.74, 6) is 0.398. The molecular weight excluding hydrogens is 275 g/mol. The Morgan fingerprint density at radius 2 is 1.75 bits per heavy atom. The molecule has 0 heterocycles. The fourth-order valence-electron chi connectivity index (χ4n) is 2.12. The van der Waals surface area contributed by atoms with E-state index < -0.39 is 0 Å². The highest BCUT2D eigenvalue weighted by atomic mass is 35.5. The van der Waals surface area contributed by atoms with Gasteiger partial charge in [0.25, 0.3) is 0 Å². The zero-order valence-corrected chi connectivity index (χ0v) is 11.4. The molecule has 0 aliphatic heterocycles. The number of benzene rings is 3. The number of rotatable bonds is 3. The second kappa shape index (κ2) is 5.51. The average Bonchev–Trinajstić information content (AvgIpc) is 2.46. The van der Waals surface area contributed by atoms with Gasteiger partial charge >= 0.3 is 0 Å². The van der Waals surface area contributed by atoms with Crippen LogP contribution in [0, 0.1) is 5.82 Å². The maximum Gasteiger partial charge on any atom is 0.131 e. The van der Waals surface area contributed by atoms with Gasteiger partial charge in [0.1, 0.15) is 18.2 Å². The molecule has 0 atom stereocenters. The lowest BCUT2D eigenvalue weighted by molar-refractivity contribution is 0.303. The first-order chi connectivity index (χ1) is 9.74. The Kier molecular flexibility index (Phi) is 3.57. The Morgan fingerprint density at radius 3 is 2.60 bits per heavy atom. The molecule has 20 heavy (non-hydrogen) atoms. The zero-order valence-electron chi connectivity index (χ0n) is 10.6. The molecule has 0 radical (unpaired) electrons. The highest BCUT2D eigenvalue weighted by Gasteiger charge is 2.06. The van der Waals surface area contributed by atoms with Crippen molar-refractivity contribution in [1.82, 2.24) is 0 Å². The lowest BCUT2D eigenvalue weighted by atomic mass is 10.1. The standard InChI is InChI=1S/C17H12ClFO/c18-14-9-8-13(16(19)10-14)11-20-17-7-3-5-12-4-1-2-6-15(12)17/h1-10H,11H2. The van der Waals surface area contributed by atoms with Crippen LogP contribution in [-0.4, -0.2) is 0 Å². The van der Waals surface area contributed by atoms with Gasteiger partial charge in [0, 0.05) is 16.0 Å². The second-order valence-corrected chi connectivity index (χ2v) is 4.94. The van der Waals surface area contributed by atoms with Crippen LogP contribution in [-0.2, 0) is 6.61 Å². The molecular formula is C17H12ClFO. The summed E-state index contributed by atoms with van der Waals surface area (Å²) >= 11 is 5.73. The van der Waals surface area contributed by atoms with Gasteiger partial charge in [-0.1, -0.05) is 54.1 Å². The average molecular weight is 287 g/mol. The van der Waals surface area contributed by atoms with E-state index in [2.05, 4.69) is 0 Å². The van der Waals surface area contributed by atoms with Crippen molar-refractivity contribution < 1.29 is 9.13 Å². The van der Waals surface area contributed by atoms with Crippen molar-refractivity contribution in [2.75, 3.05) is 0 Å². The maximum atomic E-state index is 13.7. The number of halogens is 2. The van der Waals surface area contributed by atoms with Crippen molar-refractivity contribution in [2.24, 2.45) is 0 Å². The molecule has 0 aliphatic rings. The summed E-state index contributed by atoms with van der Waals surface area (Å²) in [6.07, 6.45) is 0. The predicted molar refractivity (Wildman–Crippen MR) is 79.7 cm³/mol. The largest absolute Gasteiger partial charge is 0.488 e. The molecule has 3 aromatic rings. The molecule has 0 N–H and O–H groups in total. The molecule has 3 heteroatoms. The number of hydrogen-bond donors (Lipinski definition) is 0. The van der Waals surface area contributed by atoms with Crippen molar-refractivity contribution in [3.8, 4) is 5.75 Å². The Morgan fingerprint density at radius 1 is 0.950 bits per heavy atom. The Hall–Kier alpha value is -2.06. The van der Waals surface area contributed by atoms with E-state index >= 15 is 0 Å². The van der Waals surface area contributed by atoms with Gasteiger partial charge in [0.15, 0.2) is 0 Å². The van der Waals surface area contributed by atoms with Crippen molar-refractivity contribution >= 4 is 22.4 Å². The second-order valence-electron chi connectivity index (χ2n) is 4.50. The van der Waals surface area contributed by atoms with Crippen LogP contribution in [0.1, 0.15) is 5.56 Å². The Balaban J connectivity index is 1.87. The summed E-state index contributed by atoms with van der Waals surface area (Å²) in [4.78, 5) is 0. The lowest BCUT2D eigenvalue weighted by Gasteiger charge is -2.10. The number of fused-ring (bicyclic) bond motifs is 1. The summed E-state index contributed by atoms with van der Waals surface area (Å²) in [5.41, 5.74) is 0.488. The monoisotopic (exact) mass is 286 g/mol. The minimum atomic E-state index is -0.349. The minimum absolute atomic E-state index is 0.178. The third-order valence-corrected chi connectivity index (χ3v) is 3.38. The van der Waals surface area contributed by atoms with Crippen molar-refractivity contribution in [3.63, 3.8) is 0 Å². The van der Waals surface area contributed by atoms with E-state index in [9.17, 15) is 4.39 Å². The highest BCUT2D eigenvalue weighted by Crippen LogP contribution is 2.26. The van der Waals surface area contributed by atoms with Gasteiger partial charge in [-0.15, -0.1) is 0 Å². The predicted octanol–water partition coefficient (Wildman–Crippen LogP) is 5.21. The molecule has 0 unspecified atom stereocenters. The quantitative estimate of drug-likeness (QED) is 0.642. The van der Waals surface area contributed by atoms with E-state index in [1.807, 2.05) is 42.5 Å². The van der Waals surface area contributed by atoms with E-state index in [-0.39, 0.29) is 12.4 Å². The minimum Gasteiger partial charge on any atom is -0.488 e. The van der Waals surface area contributed by atoms with Crippen LogP contribution >= 0.6 is 11.6 Å². The van der Waals surface area contributed by atoms with Gasteiger partial charge in [0.05, 0.1) is 0 Å². The van der Waals surface area contributed by atoms with E-state index in [1.165, 1.54) is 6.07 Å². The molecule has 3 aromatic carbocycles. The molecule has 0 aliphatic carbocycles. The summed E-state index contributed by atoms with van der Waals surface area (Å²) < 4.78 is 19.4. The third-order valence-electron chi connectivity index (χ3n) is 3.15. The topological polar surface area (TPSA) is 9.23 Å². The van der Waals surface area contributed by atoms with Gasteiger partial charge in [-0.05, 0) is 23.6 Å². The van der Waals surface area contributed by atoms with Gasteiger partial charge in [-0.25, -0.2) is 4.39 Å². The normalized spacial score (nSPS) is 10.7. The summed E-state index contributed by atoms with van der Waals surface area (Å²) in [5, 5.41) is 2.50. The Bertz CT molecular complexity index is 750. The molecule has 0 aromatic heterocycles. The van der Waals surface area contributed by atoms with Gasteiger partial charge in [-0.3, -0.25) is 0 Å². The molecule has 100 valence electrons. The highest BCUT2D eigenvalue weighted by molar-refractivity contribution is 6.30. The lowest BCUT2D eigenvalue weighted by Crippen LogP contribution is -1.98. The third kappa shape index (κ3) is 2.61. The van der Waals surface area contributed by atoms with E-state index in [0.717, 1.165) is 16.5 Å². The zero-order chi connectivity index (χ0) is 13.9. The molecule has 3 rings (SSSR count). The molecule has 0 saturated heterocycles. The van der Waals surface area contributed by atoms with Crippen LogP contribution in [0.5, 0.6) is 5.75 Å². The van der Waals surface area contributed by atoms with E-state index in [1.54, 1.807) is 12.1 Å². The van der Waals surface area contributed by atoms with E-state index in [4.69, 9.17) is 16.3 Å². The molecule has 0 saturated carbocycles. The summed E-state index contributed by atoms with van der Waals surface area (Å²) in [7, 11) is 0. The first-order valence-electron chi connectivity index (χ1n) is 6.28. The van der Waals surface area contributed by atoms with Crippen LogP contribution in [0.3, 0.4) is 0 Å². The van der Waals surface area contributed by atoms with Crippen LogP contribution in [0.4, 0.5) is 4.39 Å². The maximum absolute atomic E-state index is 13.7. The Labute approximate surface area is 121 Å². The van der Waals surface area contributed by atoms with Crippen LogP contribution < -0.4 is 4.74 Å². The number of ether oxygens (including phenoxy) is 1. The molecule has 0 fully saturated rings. The summed E-state index contributed by atoms with van der Waals surface area (Å²) in [6, 6.07) is 18.4. The van der Waals surface area contributed by atoms with Gasteiger partial charge in [0.2, 0.25) is 0 Å². The first kappa shape index (κ1) is 12.9. The molecule has 0 spiro atoms. The molecule has 0 amide bonds. The van der Waals surface area contributed by atoms with Crippen LogP contribution in [0.25, 0.3) is 10.8 Å². The van der Waals surface area contributed by atoms with E-state index in [0.29, 0.717) is 10.6 Å². The van der Waals surface area contributed by atoms with Crippen LogP contribution in [0.2, 0.25) is 5.02 Å². The fourth-order valence-corrected chi connectivity index (χ4v) is 2.27. The van der Waals surface area contributed by atoms with Crippen molar-refractivity contribution in [1.29, 1.82) is 0 Å². The van der Waals surface area contributed by atoms with Crippen molar-refractivity contribution in [2.45, 2.75) is 6.61 Å². The molecule has 1 nitrogen and oxygen atoms in total. The fraction of sp³-hybridized carbons (Fsp3) is 0.0588. The van der Waals surface area contributed by atoms with Gasteiger partial charge < -0.3 is 4.74 Å². The van der Waals surface area contributed by atoms with Crippen molar-refractivity contribution in [3.05, 3.63) is 77.1 Å². The molecule has 0 bridgehead atoms.